The zero-order valence-corrected chi connectivity index (χ0v) is 11.3. The third-order valence-electron chi connectivity index (χ3n) is 3.34. The molecule has 0 saturated heterocycles. The molecular weight excluding hydrogens is 192 g/mol. The fourth-order valence-electron chi connectivity index (χ4n) is 2.40. The van der Waals surface area contributed by atoms with Gasteiger partial charge in [-0.2, -0.15) is 0 Å². The number of aryl methyl sites for hydroxylation is 1. The summed E-state index contributed by atoms with van der Waals surface area (Å²) in [6, 6.07) is 4.75. The Balaban J connectivity index is 0.000000606. The normalized spacial score (nSPS) is 20.4. The molecule has 88 valence electrons. The summed E-state index contributed by atoms with van der Waals surface area (Å²) in [5, 5.41) is 2.78. The van der Waals surface area contributed by atoms with Crippen LogP contribution >= 0.6 is 0 Å². The van der Waals surface area contributed by atoms with E-state index in [0.717, 1.165) is 5.92 Å². The van der Waals surface area contributed by atoms with Crippen molar-refractivity contribution in [3.63, 3.8) is 0 Å². The molecule has 0 bridgehead atoms. The molecule has 0 fully saturated rings. The molecule has 0 N–H and O–H groups in total. The molecule has 1 aromatic rings. The highest BCUT2D eigenvalue weighted by Crippen LogP contribution is 2.30. The second kappa shape index (κ2) is 5.89. The molecule has 0 nitrogen and oxygen atoms in total. The van der Waals surface area contributed by atoms with Crippen molar-refractivity contribution < 1.29 is 0 Å². The molecule has 0 amide bonds. The molecule has 0 heterocycles. The summed E-state index contributed by atoms with van der Waals surface area (Å²) in [4.78, 5) is 0. The third kappa shape index (κ3) is 2.37. The molecule has 0 aliphatic heterocycles. The Hall–Kier alpha value is -1.04. The van der Waals surface area contributed by atoms with E-state index in [4.69, 9.17) is 0 Å². The Kier molecular flexibility index (Phi) is 4.79. The van der Waals surface area contributed by atoms with E-state index in [1.807, 2.05) is 13.8 Å². The maximum Gasteiger partial charge on any atom is -0.0184 e. The molecule has 0 radical (unpaired) electrons. The van der Waals surface area contributed by atoms with Crippen molar-refractivity contribution in [3.05, 3.63) is 33.7 Å². The Morgan fingerprint density at radius 2 is 1.62 bits per heavy atom. The summed E-state index contributed by atoms with van der Waals surface area (Å²) in [7, 11) is 0. The van der Waals surface area contributed by atoms with E-state index < -0.39 is 0 Å². The second-order valence-electron chi connectivity index (χ2n) is 4.20. The van der Waals surface area contributed by atoms with Gasteiger partial charge < -0.3 is 0 Å². The van der Waals surface area contributed by atoms with E-state index in [1.54, 1.807) is 11.1 Å². The molecule has 0 saturated carbocycles. The number of benzene rings is 1. The average Bonchev–Trinajstić information content (AvgIpc) is 2.71. The predicted octanol–water partition coefficient (Wildman–Crippen LogP) is 3.36. The van der Waals surface area contributed by atoms with Crippen molar-refractivity contribution >= 4 is 12.2 Å². The Bertz CT molecular complexity index is 452. The predicted molar refractivity (Wildman–Crippen MR) is 74.1 cm³/mol. The van der Waals surface area contributed by atoms with Crippen LogP contribution in [0, 0.1) is 0 Å². The number of rotatable bonds is 0. The maximum atomic E-state index is 2.38. The van der Waals surface area contributed by atoms with Crippen molar-refractivity contribution in [2.45, 2.75) is 53.4 Å². The van der Waals surface area contributed by atoms with Crippen LogP contribution in [0.5, 0.6) is 0 Å². The van der Waals surface area contributed by atoms with Gasteiger partial charge in [0.15, 0.2) is 0 Å². The molecule has 1 aromatic carbocycles. The van der Waals surface area contributed by atoms with Crippen LogP contribution in [0.15, 0.2) is 12.1 Å². The molecule has 1 atom stereocenters. The molecule has 1 aliphatic rings. The van der Waals surface area contributed by atoms with Crippen LogP contribution in [0.4, 0.5) is 0 Å². The van der Waals surface area contributed by atoms with Crippen molar-refractivity contribution in [2.24, 2.45) is 0 Å². The van der Waals surface area contributed by atoms with Crippen molar-refractivity contribution in [2.75, 3.05) is 0 Å². The van der Waals surface area contributed by atoms with Gasteiger partial charge in [-0.05, 0) is 54.2 Å². The zero-order chi connectivity index (χ0) is 12.1. The standard InChI is InChI=1S/C14H18.C2H6/c1-4-11-8-13-7-6-10(3)14(13)9-12(11)5-2;1-2/h4-5,8-10H,6-7H2,1-3H3;1-2H3/b11-4-,12-5-;. The van der Waals surface area contributed by atoms with Crippen LogP contribution in [0.2, 0.25) is 0 Å². The molecule has 0 aromatic heterocycles. The van der Waals surface area contributed by atoms with E-state index in [2.05, 4.69) is 45.1 Å². The molecule has 2 rings (SSSR count). The van der Waals surface area contributed by atoms with E-state index in [0.29, 0.717) is 0 Å². The first kappa shape index (κ1) is 13.0. The van der Waals surface area contributed by atoms with Gasteiger partial charge >= 0.3 is 0 Å². The largest absolute Gasteiger partial charge is 0.0798 e. The van der Waals surface area contributed by atoms with Gasteiger partial charge in [-0.15, -0.1) is 0 Å². The molecule has 0 spiro atoms. The minimum absolute atomic E-state index is 0.759. The monoisotopic (exact) mass is 216 g/mol. The van der Waals surface area contributed by atoms with E-state index >= 15 is 0 Å². The lowest BCUT2D eigenvalue weighted by atomic mass is 10.0. The fraction of sp³-hybridized carbons (Fsp3) is 0.500. The van der Waals surface area contributed by atoms with Crippen LogP contribution < -0.4 is 10.4 Å². The third-order valence-corrected chi connectivity index (χ3v) is 3.34. The van der Waals surface area contributed by atoms with E-state index in [1.165, 1.54) is 23.3 Å². The summed E-state index contributed by atoms with van der Waals surface area (Å²) in [6.45, 7) is 10.6. The second-order valence-corrected chi connectivity index (χ2v) is 4.20. The van der Waals surface area contributed by atoms with Gasteiger partial charge in [0.25, 0.3) is 0 Å². The fourth-order valence-corrected chi connectivity index (χ4v) is 2.40. The van der Waals surface area contributed by atoms with Gasteiger partial charge in [0.2, 0.25) is 0 Å². The van der Waals surface area contributed by atoms with Gasteiger partial charge in [-0.25, -0.2) is 0 Å². The smallest absolute Gasteiger partial charge is 0.0184 e. The van der Waals surface area contributed by atoms with E-state index in [9.17, 15) is 0 Å². The van der Waals surface area contributed by atoms with Crippen molar-refractivity contribution in [3.8, 4) is 0 Å². The number of fused-ring (bicyclic) bond motifs is 1. The summed E-state index contributed by atoms with van der Waals surface area (Å²) < 4.78 is 0. The lowest BCUT2D eigenvalue weighted by molar-refractivity contribution is 0.747. The van der Waals surface area contributed by atoms with Gasteiger partial charge in [0.1, 0.15) is 0 Å². The quantitative estimate of drug-likeness (QED) is 0.624. The van der Waals surface area contributed by atoms with Crippen LogP contribution in [0.25, 0.3) is 12.2 Å². The lowest BCUT2D eigenvalue weighted by Crippen LogP contribution is -2.25. The zero-order valence-electron chi connectivity index (χ0n) is 11.3. The highest BCUT2D eigenvalue weighted by Gasteiger charge is 2.17. The highest BCUT2D eigenvalue weighted by molar-refractivity contribution is 5.40. The van der Waals surface area contributed by atoms with Crippen LogP contribution in [-0.2, 0) is 6.42 Å². The Labute approximate surface area is 99.7 Å². The maximum absolute atomic E-state index is 2.38. The van der Waals surface area contributed by atoms with Crippen LogP contribution in [0.3, 0.4) is 0 Å². The van der Waals surface area contributed by atoms with Gasteiger partial charge in [-0.3, -0.25) is 0 Å². The molecule has 1 aliphatic carbocycles. The Morgan fingerprint density at radius 1 is 1.06 bits per heavy atom. The first-order valence-electron chi connectivity index (χ1n) is 6.51. The lowest BCUT2D eigenvalue weighted by Gasteiger charge is -2.04. The molecule has 16 heavy (non-hydrogen) atoms. The Morgan fingerprint density at radius 3 is 2.19 bits per heavy atom. The van der Waals surface area contributed by atoms with Crippen molar-refractivity contribution in [1.29, 1.82) is 0 Å². The van der Waals surface area contributed by atoms with Crippen LogP contribution in [-0.4, -0.2) is 0 Å². The molecular formula is C16H24. The van der Waals surface area contributed by atoms with Gasteiger partial charge in [0.05, 0.1) is 0 Å². The van der Waals surface area contributed by atoms with Gasteiger partial charge in [0, 0.05) is 0 Å². The van der Waals surface area contributed by atoms with Crippen LogP contribution in [0.1, 0.15) is 58.1 Å². The summed E-state index contributed by atoms with van der Waals surface area (Å²) in [6.07, 6.45) is 7.01. The van der Waals surface area contributed by atoms with Gasteiger partial charge in [-0.1, -0.05) is 45.1 Å². The number of hydrogen-bond acceptors (Lipinski definition) is 0. The first-order chi connectivity index (χ1) is 7.76. The summed E-state index contributed by atoms with van der Waals surface area (Å²) in [5.41, 5.74) is 3.14. The summed E-state index contributed by atoms with van der Waals surface area (Å²) >= 11 is 0. The SMILES string of the molecule is C/C=c1/cc2c(c/c1=C/C)C(C)CC2.CC. The molecule has 0 heteroatoms. The minimum atomic E-state index is 0.759. The minimum Gasteiger partial charge on any atom is -0.0798 e. The average molecular weight is 216 g/mol. The first-order valence-corrected chi connectivity index (χ1v) is 6.51. The topological polar surface area (TPSA) is 0 Å². The summed E-state index contributed by atoms with van der Waals surface area (Å²) in [5.74, 6) is 0.759. The van der Waals surface area contributed by atoms with Crippen molar-refractivity contribution in [1.82, 2.24) is 0 Å². The number of hydrogen-bond donors (Lipinski definition) is 0. The van der Waals surface area contributed by atoms with E-state index in [-0.39, 0.29) is 0 Å². The molecule has 1 unspecified atom stereocenters. The highest BCUT2D eigenvalue weighted by atomic mass is 14.2.